The first-order valence-corrected chi connectivity index (χ1v) is 14.5. The third-order valence-corrected chi connectivity index (χ3v) is 8.03. The number of para-hydroxylation sites is 2. The van der Waals surface area contributed by atoms with Gasteiger partial charge in [-0.3, -0.25) is 14.1 Å². The second-order valence-electron chi connectivity index (χ2n) is 10.6. The molecule has 7 nitrogen and oxygen atoms in total. The second kappa shape index (κ2) is 9.68. The summed E-state index contributed by atoms with van der Waals surface area (Å²) in [6, 6.07) is 45.0. The Hall–Kier alpha value is -6.21. The van der Waals surface area contributed by atoms with Crippen molar-refractivity contribution in [3.05, 3.63) is 140 Å². The van der Waals surface area contributed by atoms with Crippen molar-refractivity contribution in [3.8, 4) is 34.4 Å². The normalized spacial score (nSPS) is 11.6. The summed E-state index contributed by atoms with van der Waals surface area (Å²) in [5.74, 6) is 1.67. The van der Waals surface area contributed by atoms with E-state index in [-0.39, 0.29) is 0 Å². The topological polar surface area (TPSA) is 74.3 Å². The molecule has 9 rings (SSSR count). The van der Waals surface area contributed by atoms with E-state index >= 15 is 0 Å². The molecular formula is C37H23N7. The summed E-state index contributed by atoms with van der Waals surface area (Å²) in [5, 5.41) is 3.13. The predicted molar refractivity (Wildman–Crippen MR) is 175 cm³/mol. The summed E-state index contributed by atoms with van der Waals surface area (Å²) in [6.45, 7) is 0. The maximum absolute atomic E-state index is 5.40. The van der Waals surface area contributed by atoms with Crippen molar-refractivity contribution >= 4 is 44.0 Å². The summed E-state index contributed by atoms with van der Waals surface area (Å²) in [7, 11) is 0. The lowest BCUT2D eigenvalue weighted by molar-refractivity contribution is 0.944. The lowest BCUT2D eigenvalue weighted by atomic mass is 10.1. The largest absolute Gasteiger partial charge is 0.294 e. The molecule has 0 fully saturated rings. The van der Waals surface area contributed by atoms with E-state index in [1.807, 2.05) is 89.6 Å². The Morgan fingerprint density at radius 3 is 1.73 bits per heavy atom. The quantitative estimate of drug-likeness (QED) is 0.215. The zero-order chi connectivity index (χ0) is 29.0. The van der Waals surface area contributed by atoms with Gasteiger partial charge in [0, 0.05) is 39.2 Å². The average molecular weight is 566 g/mol. The van der Waals surface area contributed by atoms with Crippen molar-refractivity contribution in [3.63, 3.8) is 0 Å². The number of rotatable bonds is 4. The molecule has 0 radical (unpaired) electrons. The third-order valence-electron chi connectivity index (χ3n) is 8.03. The van der Waals surface area contributed by atoms with Gasteiger partial charge in [-0.25, -0.2) is 9.97 Å². The van der Waals surface area contributed by atoms with E-state index < -0.39 is 0 Å². The van der Waals surface area contributed by atoms with Crippen LogP contribution in [0.5, 0.6) is 0 Å². The lowest BCUT2D eigenvalue weighted by Crippen LogP contribution is -2.07. The molecular weight excluding hydrogens is 542 g/mol. The lowest BCUT2D eigenvalue weighted by Gasteiger charge is -2.11. The van der Waals surface area contributed by atoms with E-state index in [0.717, 1.165) is 60.8 Å². The van der Waals surface area contributed by atoms with E-state index in [0.29, 0.717) is 17.6 Å². The van der Waals surface area contributed by atoms with Gasteiger partial charge in [0.15, 0.2) is 17.3 Å². The van der Waals surface area contributed by atoms with Crippen LogP contribution in [0.2, 0.25) is 0 Å². The summed E-state index contributed by atoms with van der Waals surface area (Å²) in [6.07, 6.45) is 1.82. The van der Waals surface area contributed by atoms with Gasteiger partial charge in [-0.15, -0.1) is 0 Å². The number of hydrogen-bond donors (Lipinski definition) is 0. The van der Waals surface area contributed by atoms with Crippen molar-refractivity contribution in [1.29, 1.82) is 0 Å². The van der Waals surface area contributed by atoms with Crippen LogP contribution in [-0.2, 0) is 0 Å². The number of hydrogen-bond acceptors (Lipinski definition) is 5. The van der Waals surface area contributed by atoms with Crippen molar-refractivity contribution in [1.82, 2.24) is 34.1 Å². The minimum atomic E-state index is 0.486. The Balaban J connectivity index is 1.41. The van der Waals surface area contributed by atoms with E-state index in [4.69, 9.17) is 24.9 Å². The third kappa shape index (κ3) is 3.73. The molecule has 0 atom stereocenters. The molecule has 0 spiro atoms. The maximum Gasteiger partial charge on any atom is 0.240 e. The highest BCUT2D eigenvalue weighted by Gasteiger charge is 2.22. The molecule has 5 heterocycles. The molecule has 0 aliphatic heterocycles. The molecule has 9 aromatic rings. The van der Waals surface area contributed by atoms with Crippen LogP contribution in [0.1, 0.15) is 0 Å². The fraction of sp³-hybridized carbons (Fsp3) is 0. The minimum Gasteiger partial charge on any atom is -0.294 e. The van der Waals surface area contributed by atoms with Crippen LogP contribution in [0, 0.1) is 0 Å². The molecule has 0 aliphatic carbocycles. The van der Waals surface area contributed by atoms with Crippen LogP contribution < -0.4 is 0 Å². The highest BCUT2D eigenvalue weighted by Crippen LogP contribution is 2.37. The summed E-state index contributed by atoms with van der Waals surface area (Å²) >= 11 is 0. The molecule has 5 aromatic heterocycles. The minimum absolute atomic E-state index is 0.486. The van der Waals surface area contributed by atoms with Gasteiger partial charge in [0.2, 0.25) is 5.95 Å². The Bertz CT molecular complexity index is 2420. The van der Waals surface area contributed by atoms with Gasteiger partial charge < -0.3 is 0 Å². The molecule has 0 unspecified atom stereocenters. The van der Waals surface area contributed by atoms with Gasteiger partial charge >= 0.3 is 0 Å². The fourth-order valence-corrected chi connectivity index (χ4v) is 6.06. The number of fused-ring (bicyclic) bond motifs is 6. The first kappa shape index (κ1) is 24.4. The zero-order valence-corrected chi connectivity index (χ0v) is 23.4. The average Bonchev–Trinajstić information content (AvgIpc) is 3.60. The molecule has 0 saturated heterocycles. The number of benzene rings is 4. The number of nitrogens with zero attached hydrogens (tertiary/aromatic N) is 7. The van der Waals surface area contributed by atoms with Gasteiger partial charge in [0.1, 0.15) is 5.65 Å². The molecule has 44 heavy (non-hydrogen) atoms. The summed E-state index contributed by atoms with van der Waals surface area (Å²) in [5.41, 5.74) is 7.27. The van der Waals surface area contributed by atoms with Gasteiger partial charge in [0.25, 0.3) is 0 Å². The molecule has 7 heteroatoms. The Morgan fingerprint density at radius 1 is 0.432 bits per heavy atom. The summed E-state index contributed by atoms with van der Waals surface area (Å²) < 4.78 is 4.24. The highest BCUT2D eigenvalue weighted by molar-refractivity contribution is 6.15. The standard InChI is InChI=1S/C37H23N7/c1-4-13-24(14-5-1)33-39-34(25-15-6-2-7-16-25)41-37(40-33)44-31-21-12-22-38-32(31)29-23-28-27-19-10-11-20-30(27)43(35(28)42-36(29)44)26-17-8-3-9-18-26/h1-23H. The Morgan fingerprint density at radius 2 is 1.02 bits per heavy atom. The summed E-state index contributed by atoms with van der Waals surface area (Å²) in [4.78, 5) is 25.2. The predicted octanol–water partition coefficient (Wildman–Crippen LogP) is 8.19. The van der Waals surface area contributed by atoms with Gasteiger partial charge in [-0.1, -0.05) is 97.1 Å². The van der Waals surface area contributed by atoms with Gasteiger partial charge in [0.05, 0.1) is 16.6 Å². The van der Waals surface area contributed by atoms with E-state index in [1.165, 1.54) is 0 Å². The highest BCUT2D eigenvalue weighted by atomic mass is 15.2. The first-order valence-electron chi connectivity index (χ1n) is 14.5. The second-order valence-corrected chi connectivity index (χ2v) is 10.6. The van der Waals surface area contributed by atoms with Crippen LogP contribution >= 0.6 is 0 Å². The fourth-order valence-electron chi connectivity index (χ4n) is 6.06. The van der Waals surface area contributed by atoms with Crippen molar-refractivity contribution in [2.45, 2.75) is 0 Å². The van der Waals surface area contributed by atoms with Crippen molar-refractivity contribution in [2.24, 2.45) is 0 Å². The van der Waals surface area contributed by atoms with E-state index in [1.54, 1.807) is 0 Å². The number of aromatic nitrogens is 7. The van der Waals surface area contributed by atoms with Gasteiger partial charge in [-0.2, -0.15) is 9.97 Å². The molecule has 4 aromatic carbocycles. The van der Waals surface area contributed by atoms with Crippen LogP contribution in [0.4, 0.5) is 0 Å². The maximum atomic E-state index is 5.40. The van der Waals surface area contributed by atoms with Crippen LogP contribution in [-0.4, -0.2) is 34.1 Å². The molecule has 206 valence electrons. The van der Waals surface area contributed by atoms with Crippen molar-refractivity contribution < 1.29 is 0 Å². The van der Waals surface area contributed by atoms with Gasteiger partial charge in [-0.05, 0) is 36.4 Å². The van der Waals surface area contributed by atoms with E-state index in [9.17, 15) is 0 Å². The molecule has 0 amide bonds. The van der Waals surface area contributed by atoms with Crippen LogP contribution in [0.3, 0.4) is 0 Å². The Kier molecular flexibility index (Phi) is 5.36. The van der Waals surface area contributed by atoms with Crippen molar-refractivity contribution in [2.75, 3.05) is 0 Å². The zero-order valence-electron chi connectivity index (χ0n) is 23.4. The SMILES string of the molecule is c1ccc(-c2nc(-c3ccccc3)nc(-n3c4cccnc4c4cc5c6ccccc6n(-c6ccccc6)c5nc43)n2)cc1. The molecule has 0 aliphatic rings. The van der Waals surface area contributed by atoms with Crippen LogP contribution in [0.15, 0.2) is 140 Å². The molecule has 0 N–H and O–H groups in total. The number of pyridine rings is 2. The van der Waals surface area contributed by atoms with E-state index in [2.05, 4.69) is 59.2 Å². The molecule has 0 saturated carbocycles. The monoisotopic (exact) mass is 565 g/mol. The smallest absolute Gasteiger partial charge is 0.240 e. The first-order chi connectivity index (χ1) is 21.8. The Labute approximate surface area is 251 Å². The van der Waals surface area contributed by atoms with Crippen LogP contribution in [0.25, 0.3) is 78.4 Å². The molecule has 0 bridgehead atoms.